The summed E-state index contributed by atoms with van der Waals surface area (Å²) < 4.78 is 17.0. The Labute approximate surface area is 66.0 Å². The Hall–Kier alpha value is -0.860. The lowest BCUT2D eigenvalue weighted by atomic mass is 10.2. The minimum absolute atomic E-state index is 0.323. The Bertz CT molecular complexity index is 161. The van der Waals surface area contributed by atoms with Crippen LogP contribution >= 0.6 is 0 Å². The third-order valence-electron chi connectivity index (χ3n) is 1.26. The third kappa shape index (κ3) is 4.53. The number of ether oxygens (including phenoxy) is 1. The normalized spacial score (nSPS) is 14.4. The molecule has 0 aromatic carbocycles. The predicted molar refractivity (Wildman–Crippen MR) is 41.0 cm³/mol. The molecule has 3 heteroatoms. The lowest BCUT2D eigenvalue weighted by Crippen LogP contribution is -2.03. The van der Waals surface area contributed by atoms with Crippen LogP contribution in [0.5, 0.6) is 0 Å². The van der Waals surface area contributed by atoms with Crippen LogP contribution in [0.2, 0.25) is 0 Å². The number of hydrogen-bond acceptors (Lipinski definition) is 2. The molecule has 0 amide bonds. The summed E-state index contributed by atoms with van der Waals surface area (Å²) in [6, 6.07) is 0. The van der Waals surface area contributed by atoms with Crippen molar-refractivity contribution in [2.24, 2.45) is 0 Å². The molecule has 0 aliphatic heterocycles. The zero-order chi connectivity index (χ0) is 8.85. The quantitative estimate of drug-likeness (QED) is 0.465. The van der Waals surface area contributed by atoms with Gasteiger partial charge >= 0.3 is 5.97 Å². The molecule has 0 spiro atoms. The van der Waals surface area contributed by atoms with Gasteiger partial charge in [-0.25, -0.2) is 9.18 Å². The zero-order valence-corrected chi connectivity index (χ0v) is 7.06. The van der Waals surface area contributed by atoms with Crippen molar-refractivity contribution in [1.29, 1.82) is 0 Å². The number of alkyl halides is 1. The fraction of sp³-hybridized carbons (Fsp3) is 0.625. The van der Waals surface area contributed by atoms with Gasteiger partial charge in [0, 0.05) is 6.08 Å². The topological polar surface area (TPSA) is 26.3 Å². The van der Waals surface area contributed by atoms with Crippen molar-refractivity contribution in [3.63, 3.8) is 0 Å². The Morgan fingerprint density at radius 2 is 2.27 bits per heavy atom. The highest BCUT2D eigenvalue weighted by Gasteiger charge is 2.03. The van der Waals surface area contributed by atoms with Crippen molar-refractivity contribution in [3.8, 4) is 0 Å². The first-order valence-electron chi connectivity index (χ1n) is 3.57. The van der Waals surface area contributed by atoms with E-state index >= 15 is 0 Å². The second kappa shape index (κ2) is 4.88. The average molecular weight is 160 g/mol. The summed E-state index contributed by atoms with van der Waals surface area (Å²) >= 11 is 0. The summed E-state index contributed by atoms with van der Waals surface area (Å²) in [5.41, 5.74) is 0.392. The van der Waals surface area contributed by atoms with Gasteiger partial charge in [-0.3, -0.25) is 0 Å². The van der Waals surface area contributed by atoms with Crippen LogP contribution in [0.25, 0.3) is 0 Å². The largest absolute Gasteiger partial charge is 0.463 e. The minimum Gasteiger partial charge on any atom is -0.463 e. The number of allylic oxidation sites excluding steroid dienone is 1. The van der Waals surface area contributed by atoms with Gasteiger partial charge in [-0.15, -0.1) is 0 Å². The van der Waals surface area contributed by atoms with Crippen LogP contribution in [-0.4, -0.2) is 18.7 Å². The van der Waals surface area contributed by atoms with Crippen molar-refractivity contribution >= 4 is 5.97 Å². The van der Waals surface area contributed by atoms with Crippen LogP contribution < -0.4 is 0 Å². The van der Waals surface area contributed by atoms with E-state index in [1.54, 1.807) is 13.8 Å². The Morgan fingerprint density at radius 1 is 1.73 bits per heavy atom. The first-order chi connectivity index (χ1) is 5.07. The molecule has 11 heavy (non-hydrogen) atoms. The van der Waals surface area contributed by atoms with Crippen LogP contribution in [0.4, 0.5) is 4.39 Å². The van der Waals surface area contributed by atoms with Crippen molar-refractivity contribution in [2.45, 2.75) is 26.9 Å². The van der Waals surface area contributed by atoms with E-state index in [2.05, 4.69) is 4.74 Å². The summed E-state index contributed by atoms with van der Waals surface area (Å²) in [4.78, 5) is 10.7. The summed E-state index contributed by atoms with van der Waals surface area (Å²) in [7, 11) is 0. The molecule has 0 unspecified atom stereocenters. The smallest absolute Gasteiger partial charge is 0.330 e. The van der Waals surface area contributed by atoms with Crippen molar-refractivity contribution in [1.82, 2.24) is 0 Å². The van der Waals surface area contributed by atoms with Gasteiger partial charge in [0.1, 0.15) is 6.17 Å². The highest BCUT2D eigenvalue weighted by molar-refractivity contribution is 5.82. The Morgan fingerprint density at radius 3 is 2.64 bits per heavy atom. The summed E-state index contributed by atoms with van der Waals surface area (Å²) in [5.74, 6) is -0.477. The molecule has 0 radical (unpaired) electrons. The molecular weight excluding hydrogens is 147 g/mol. The second-order valence-corrected chi connectivity index (χ2v) is 2.26. The number of hydrogen-bond donors (Lipinski definition) is 0. The van der Waals surface area contributed by atoms with Crippen LogP contribution in [-0.2, 0) is 9.53 Å². The standard InChI is InChI=1S/C8H13FO2/c1-4-11-8(10)5-6(2)7(3)9/h5,7H,4H2,1-3H3/b6-5+/t7-/m1/s1. The van der Waals surface area contributed by atoms with E-state index in [1.807, 2.05) is 0 Å². The predicted octanol–water partition coefficient (Wildman–Crippen LogP) is 1.85. The van der Waals surface area contributed by atoms with Crippen LogP contribution in [0.3, 0.4) is 0 Å². The minimum atomic E-state index is -1.08. The molecule has 64 valence electrons. The average Bonchev–Trinajstić information content (AvgIpc) is 1.87. The highest BCUT2D eigenvalue weighted by atomic mass is 19.1. The van der Waals surface area contributed by atoms with Crippen LogP contribution in [0.1, 0.15) is 20.8 Å². The van der Waals surface area contributed by atoms with Gasteiger partial charge in [0.05, 0.1) is 6.61 Å². The third-order valence-corrected chi connectivity index (χ3v) is 1.26. The molecule has 0 fully saturated rings. The maximum Gasteiger partial charge on any atom is 0.330 e. The number of carbonyl (C=O) groups is 1. The fourth-order valence-corrected chi connectivity index (χ4v) is 0.485. The summed E-state index contributed by atoms with van der Waals surface area (Å²) in [6.07, 6.45) is 0.0909. The van der Waals surface area contributed by atoms with E-state index in [4.69, 9.17) is 0 Å². The summed E-state index contributed by atoms with van der Waals surface area (Å²) in [6.45, 7) is 4.97. The monoisotopic (exact) mass is 160 g/mol. The lowest BCUT2D eigenvalue weighted by molar-refractivity contribution is -0.137. The molecule has 0 heterocycles. The van der Waals surface area contributed by atoms with Gasteiger partial charge in [-0.05, 0) is 26.3 Å². The molecule has 0 saturated heterocycles. The first-order valence-corrected chi connectivity index (χ1v) is 3.57. The molecule has 0 bridgehead atoms. The van der Waals surface area contributed by atoms with E-state index in [0.29, 0.717) is 12.2 Å². The number of carbonyl (C=O) groups excluding carboxylic acids is 1. The van der Waals surface area contributed by atoms with Crippen molar-refractivity contribution < 1.29 is 13.9 Å². The molecule has 0 rings (SSSR count). The van der Waals surface area contributed by atoms with Crippen molar-refractivity contribution in [3.05, 3.63) is 11.6 Å². The van der Waals surface area contributed by atoms with Crippen LogP contribution in [0, 0.1) is 0 Å². The van der Waals surface area contributed by atoms with Crippen molar-refractivity contribution in [2.75, 3.05) is 6.61 Å². The molecule has 0 aromatic rings. The van der Waals surface area contributed by atoms with Gasteiger partial charge in [0.2, 0.25) is 0 Å². The fourth-order valence-electron chi connectivity index (χ4n) is 0.485. The van der Waals surface area contributed by atoms with Gasteiger partial charge < -0.3 is 4.74 Å². The summed E-state index contributed by atoms with van der Waals surface area (Å²) in [5, 5.41) is 0. The molecular formula is C8H13FO2. The Kier molecular flexibility index (Phi) is 4.50. The molecule has 0 aromatic heterocycles. The van der Waals surface area contributed by atoms with E-state index in [0.717, 1.165) is 0 Å². The van der Waals surface area contributed by atoms with E-state index in [-0.39, 0.29) is 0 Å². The molecule has 0 aliphatic carbocycles. The van der Waals surface area contributed by atoms with E-state index in [9.17, 15) is 9.18 Å². The van der Waals surface area contributed by atoms with Gasteiger partial charge in [0.25, 0.3) is 0 Å². The Balaban J connectivity index is 3.97. The van der Waals surface area contributed by atoms with Crippen LogP contribution in [0.15, 0.2) is 11.6 Å². The van der Waals surface area contributed by atoms with E-state index in [1.165, 1.54) is 13.0 Å². The molecule has 2 nitrogen and oxygen atoms in total. The number of esters is 1. The molecule has 1 atom stereocenters. The maximum absolute atomic E-state index is 12.4. The number of rotatable bonds is 3. The molecule has 0 N–H and O–H groups in total. The van der Waals surface area contributed by atoms with Gasteiger partial charge in [-0.2, -0.15) is 0 Å². The lowest BCUT2D eigenvalue weighted by Gasteiger charge is -2.00. The first kappa shape index (κ1) is 10.1. The maximum atomic E-state index is 12.4. The molecule has 0 saturated carbocycles. The van der Waals surface area contributed by atoms with Gasteiger partial charge in [-0.1, -0.05) is 0 Å². The number of halogens is 1. The highest BCUT2D eigenvalue weighted by Crippen LogP contribution is 2.04. The van der Waals surface area contributed by atoms with Gasteiger partial charge in [0.15, 0.2) is 0 Å². The SMILES string of the molecule is CCOC(=O)/C=C(\C)[C@@H](C)F. The van der Waals surface area contributed by atoms with E-state index < -0.39 is 12.1 Å². The second-order valence-electron chi connectivity index (χ2n) is 2.26. The molecule has 0 aliphatic rings. The zero-order valence-electron chi connectivity index (χ0n) is 7.06.